The van der Waals surface area contributed by atoms with Crippen LogP contribution < -0.4 is 0 Å². The highest BCUT2D eigenvalue weighted by atomic mass is 32.2. The Balaban J connectivity index is 1.29. The van der Waals surface area contributed by atoms with Gasteiger partial charge in [0, 0.05) is 17.5 Å². The molecule has 1 aliphatic rings. The summed E-state index contributed by atoms with van der Waals surface area (Å²) >= 11 is 0. The summed E-state index contributed by atoms with van der Waals surface area (Å²) in [6.07, 6.45) is 6.14. The van der Waals surface area contributed by atoms with Crippen molar-refractivity contribution < 1.29 is 8.42 Å². The molecule has 156 valence electrons. The van der Waals surface area contributed by atoms with Crippen molar-refractivity contribution >= 4 is 37.4 Å². The molecule has 8 heteroatoms. The van der Waals surface area contributed by atoms with Gasteiger partial charge in [-0.25, -0.2) is 13.4 Å². The Morgan fingerprint density at radius 1 is 1.03 bits per heavy atom. The Hall–Kier alpha value is -3.26. The van der Waals surface area contributed by atoms with Crippen molar-refractivity contribution in [3.05, 3.63) is 66.7 Å². The summed E-state index contributed by atoms with van der Waals surface area (Å²) in [5, 5.41) is 10.5. The Bertz CT molecular complexity index is 1530. The van der Waals surface area contributed by atoms with E-state index in [0.29, 0.717) is 10.5 Å². The first kappa shape index (κ1) is 18.5. The van der Waals surface area contributed by atoms with Crippen molar-refractivity contribution in [1.82, 2.24) is 24.6 Å². The second kappa shape index (κ2) is 6.88. The number of nitrogens with one attached hydrogen (secondary N) is 1. The first-order valence-corrected chi connectivity index (χ1v) is 12.1. The van der Waals surface area contributed by atoms with E-state index >= 15 is 0 Å². The first-order chi connectivity index (χ1) is 15.1. The highest BCUT2D eigenvalue weighted by Crippen LogP contribution is 2.40. The second-order valence-electron chi connectivity index (χ2n) is 8.36. The summed E-state index contributed by atoms with van der Waals surface area (Å²) in [7, 11) is -3.39. The molecule has 2 aromatic carbocycles. The molecule has 6 rings (SSSR count). The molecule has 1 saturated carbocycles. The molecule has 0 saturated heterocycles. The SMILES string of the molecule is O=S(=O)(C[C@H]1CC[C@@H](c2nnc3cnc4[nH]ccc4n23)C1)c1cccc2ccccc12. The zero-order valence-corrected chi connectivity index (χ0v) is 17.6. The van der Waals surface area contributed by atoms with E-state index in [9.17, 15) is 8.42 Å². The number of hydrogen-bond acceptors (Lipinski definition) is 5. The molecule has 3 heterocycles. The molecule has 0 aliphatic heterocycles. The number of aromatic amines is 1. The predicted octanol–water partition coefficient (Wildman–Crippen LogP) is 4.12. The van der Waals surface area contributed by atoms with Crippen molar-refractivity contribution in [3.8, 4) is 0 Å². The summed E-state index contributed by atoms with van der Waals surface area (Å²) < 4.78 is 28.7. The van der Waals surface area contributed by atoms with Gasteiger partial charge in [0.2, 0.25) is 0 Å². The molecule has 1 fully saturated rings. The van der Waals surface area contributed by atoms with Gasteiger partial charge in [-0.3, -0.25) is 4.40 Å². The number of rotatable bonds is 4. The predicted molar refractivity (Wildman–Crippen MR) is 119 cm³/mol. The number of fused-ring (bicyclic) bond motifs is 4. The maximum atomic E-state index is 13.3. The smallest absolute Gasteiger partial charge is 0.179 e. The average molecular weight is 432 g/mol. The maximum absolute atomic E-state index is 13.3. The molecular weight excluding hydrogens is 410 g/mol. The van der Waals surface area contributed by atoms with Crippen molar-refractivity contribution in [1.29, 1.82) is 0 Å². The van der Waals surface area contributed by atoms with Gasteiger partial charge in [-0.1, -0.05) is 36.4 Å². The van der Waals surface area contributed by atoms with E-state index in [1.807, 2.05) is 53.1 Å². The van der Waals surface area contributed by atoms with Crippen LogP contribution in [0.2, 0.25) is 0 Å². The molecule has 1 aliphatic carbocycles. The molecule has 0 unspecified atom stereocenters. The lowest BCUT2D eigenvalue weighted by Crippen LogP contribution is -2.15. The van der Waals surface area contributed by atoms with E-state index in [0.717, 1.165) is 47.0 Å². The molecule has 0 amide bonds. The minimum absolute atomic E-state index is 0.102. The molecule has 31 heavy (non-hydrogen) atoms. The molecule has 0 radical (unpaired) electrons. The third-order valence-corrected chi connectivity index (χ3v) is 8.35. The molecule has 3 aromatic heterocycles. The molecule has 1 N–H and O–H groups in total. The van der Waals surface area contributed by atoms with Crippen LogP contribution in [0.4, 0.5) is 0 Å². The largest absolute Gasteiger partial charge is 0.345 e. The summed E-state index contributed by atoms with van der Waals surface area (Å²) in [4.78, 5) is 7.93. The van der Waals surface area contributed by atoms with Gasteiger partial charge in [0.05, 0.1) is 22.4 Å². The van der Waals surface area contributed by atoms with Gasteiger partial charge in [-0.2, -0.15) is 0 Å². The van der Waals surface area contributed by atoms with Crippen LogP contribution in [0, 0.1) is 5.92 Å². The van der Waals surface area contributed by atoms with Crippen LogP contribution in [-0.2, 0) is 9.84 Å². The number of hydrogen-bond donors (Lipinski definition) is 1. The van der Waals surface area contributed by atoms with Gasteiger partial charge in [0.15, 0.2) is 21.1 Å². The number of nitrogens with zero attached hydrogens (tertiary/aromatic N) is 4. The van der Waals surface area contributed by atoms with Gasteiger partial charge in [-0.15, -0.1) is 10.2 Å². The lowest BCUT2D eigenvalue weighted by molar-refractivity contribution is 0.550. The molecular formula is C23H21N5O2S. The lowest BCUT2D eigenvalue weighted by Gasteiger charge is -2.13. The molecule has 7 nitrogen and oxygen atoms in total. The normalized spacial score (nSPS) is 19.6. The van der Waals surface area contributed by atoms with E-state index in [1.165, 1.54) is 0 Å². The molecule has 5 aromatic rings. The fourth-order valence-corrected chi connectivity index (χ4v) is 6.90. The van der Waals surface area contributed by atoms with Gasteiger partial charge in [0.25, 0.3) is 0 Å². The number of aromatic nitrogens is 5. The molecule has 0 spiro atoms. The van der Waals surface area contributed by atoms with Crippen LogP contribution in [0.5, 0.6) is 0 Å². The quantitative estimate of drug-likeness (QED) is 0.462. The fraction of sp³-hybridized carbons (Fsp3) is 0.261. The summed E-state index contributed by atoms with van der Waals surface area (Å²) in [5.41, 5.74) is 2.46. The summed E-state index contributed by atoms with van der Waals surface area (Å²) in [6, 6.07) is 15.1. The van der Waals surface area contributed by atoms with Gasteiger partial charge in [-0.05, 0) is 42.7 Å². The topological polar surface area (TPSA) is 93.0 Å². The van der Waals surface area contributed by atoms with Gasteiger partial charge in [0.1, 0.15) is 5.82 Å². The Morgan fingerprint density at radius 3 is 2.84 bits per heavy atom. The molecule has 2 atom stereocenters. The van der Waals surface area contributed by atoms with Crippen LogP contribution in [0.1, 0.15) is 31.0 Å². The van der Waals surface area contributed by atoms with Crippen molar-refractivity contribution in [2.75, 3.05) is 5.75 Å². The number of benzene rings is 2. The minimum Gasteiger partial charge on any atom is -0.345 e. The van der Waals surface area contributed by atoms with Gasteiger partial charge >= 0.3 is 0 Å². The zero-order valence-electron chi connectivity index (χ0n) is 16.8. The Kier molecular flexibility index (Phi) is 4.11. The number of sulfone groups is 1. The second-order valence-corrected chi connectivity index (χ2v) is 10.4. The van der Waals surface area contributed by atoms with Crippen LogP contribution >= 0.6 is 0 Å². The summed E-state index contributed by atoms with van der Waals surface area (Å²) in [6.45, 7) is 0. The average Bonchev–Trinajstić information content (AvgIpc) is 3.51. The van der Waals surface area contributed by atoms with Crippen LogP contribution in [-0.4, -0.2) is 38.7 Å². The molecule has 0 bridgehead atoms. The minimum atomic E-state index is -3.39. The first-order valence-electron chi connectivity index (χ1n) is 10.5. The third-order valence-electron chi connectivity index (χ3n) is 6.41. The fourth-order valence-electron chi connectivity index (χ4n) is 4.99. The van der Waals surface area contributed by atoms with E-state index in [2.05, 4.69) is 20.2 Å². The van der Waals surface area contributed by atoms with Gasteiger partial charge < -0.3 is 4.98 Å². The number of H-pyrrole nitrogens is 1. The lowest BCUT2D eigenvalue weighted by atomic mass is 10.1. The zero-order chi connectivity index (χ0) is 21.0. The van der Waals surface area contributed by atoms with Crippen molar-refractivity contribution in [3.63, 3.8) is 0 Å². The summed E-state index contributed by atoms with van der Waals surface area (Å²) in [5.74, 6) is 1.34. The van der Waals surface area contributed by atoms with Crippen LogP contribution in [0.3, 0.4) is 0 Å². The van der Waals surface area contributed by atoms with Crippen LogP contribution in [0.15, 0.2) is 65.8 Å². The Morgan fingerprint density at radius 2 is 1.90 bits per heavy atom. The third kappa shape index (κ3) is 3.01. The highest BCUT2D eigenvalue weighted by Gasteiger charge is 2.33. The van der Waals surface area contributed by atoms with E-state index in [4.69, 9.17) is 0 Å². The standard InChI is InChI=1S/C23H21N5O2S/c29-31(30,20-7-3-5-16-4-1-2-6-18(16)20)14-15-8-9-17(12-15)23-27-26-21-13-25-22-19(28(21)23)10-11-24-22/h1-7,10-11,13,15,17,24H,8-9,12,14H2/t15-,17+/m0/s1. The maximum Gasteiger partial charge on any atom is 0.179 e. The van der Waals surface area contributed by atoms with Crippen molar-refractivity contribution in [2.45, 2.75) is 30.1 Å². The van der Waals surface area contributed by atoms with E-state index in [-0.39, 0.29) is 17.6 Å². The van der Waals surface area contributed by atoms with E-state index in [1.54, 1.807) is 12.3 Å². The highest BCUT2D eigenvalue weighted by molar-refractivity contribution is 7.91. The van der Waals surface area contributed by atoms with Crippen molar-refractivity contribution in [2.24, 2.45) is 5.92 Å². The van der Waals surface area contributed by atoms with E-state index < -0.39 is 9.84 Å². The Labute approximate surface area is 179 Å². The monoisotopic (exact) mass is 431 g/mol. The van der Waals surface area contributed by atoms with Crippen LogP contribution in [0.25, 0.3) is 27.6 Å².